The van der Waals surface area contributed by atoms with Gasteiger partial charge in [-0.15, -0.1) is 12.4 Å². The summed E-state index contributed by atoms with van der Waals surface area (Å²) in [6.45, 7) is 0. The van der Waals surface area contributed by atoms with E-state index in [9.17, 15) is 4.79 Å². The van der Waals surface area contributed by atoms with Crippen molar-refractivity contribution in [3.8, 4) is 0 Å². The first-order valence-corrected chi connectivity index (χ1v) is 4.94. The highest BCUT2D eigenvalue weighted by Gasteiger charge is 2.62. The van der Waals surface area contributed by atoms with Gasteiger partial charge < -0.3 is 15.2 Å². The number of halogens is 1. The van der Waals surface area contributed by atoms with E-state index in [1.807, 2.05) is 0 Å². The second kappa shape index (κ2) is 3.92. The van der Waals surface area contributed by atoms with Crippen molar-refractivity contribution in [1.29, 1.82) is 0 Å². The molecule has 0 bridgehead atoms. The Morgan fingerprint density at radius 2 is 1.87 bits per heavy atom. The van der Waals surface area contributed by atoms with Crippen LogP contribution in [0.15, 0.2) is 0 Å². The van der Waals surface area contributed by atoms with E-state index >= 15 is 0 Å². The average molecular weight is 236 g/mol. The number of carbonyl (C=O) groups is 1. The average Bonchev–Trinajstić information content (AvgIpc) is 2.07. The van der Waals surface area contributed by atoms with Gasteiger partial charge in [-0.25, -0.2) is 0 Å². The lowest BCUT2D eigenvalue weighted by molar-refractivity contribution is -0.174. The first-order valence-electron chi connectivity index (χ1n) is 4.94. The molecule has 0 heterocycles. The molecule has 0 aromatic carbocycles. The van der Waals surface area contributed by atoms with Crippen molar-refractivity contribution in [3.05, 3.63) is 0 Å². The minimum atomic E-state index is -0.715. The van der Waals surface area contributed by atoms with Crippen molar-refractivity contribution < 1.29 is 14.3 Å². The Hall–Kier alpha value is -0.320. The summed E-state index contributed by atoms with van der Waals surface area (Å²) >= 11 is 0. The Balaban J connectivity index is 0.00000112. The molecule has 0 radical (unpaired) electrons. The highest BCUT2D eigenvalue weighted by Crippen LogP contribution is 2.60. The summed E-state index contributed by atoms with van der Waals surface area (Å²) in [7, 11) is 3.12. The molecule has 2 aliphatic carbocycles. The minimum absolute atomic E-state index is 0. The molecule has 0 amide bonds. The number of methoxy groups -OCH3 is 2. The number of ether oxygens (including phenoxy) is 2. The number of nitrogens with two attached hydrogens (primary N) is 1. The maximum atomic E-state index is 11.3. The first kappa shape index (κ1) is 12.7. The second-order valence-electron chi connectivity index (χ2n) is 4.77. The van der Waals surface area contributed by atoms with Crippen LogP contribution in [0, 0.1) is 5.41 Å². The number of rotatable bonds is 2. The molecule has 0 aromatic heterocycles. The molecule has 4 nitrogen and oxygen atoms in total. The fourth-order valence-electron chi connectivity index (χ4n) is 3.00. The molecule has 2 saturated carbocycles. The molecule has 88 valence electrons. The zero-order chi connectivity index (χ0) is 10.4. The van der Waals surface area contributed by atoms with E-state index in [1.165, 1.54) is 7.11 Å². The first-order chi connectivity index (χ1) is 6.53. The van der Waals surface area contributed by atoms with Gasteiger partial charge in [0.1, 0.15) is 5.54 Å². The highest BCUT2D eigenvalue weighted by molar-refractivity contribution is 5.85. The monoisotopic (exact) mass is 235 g/mol. The van der Waals surface area contributed by atoms with E-state index in [-0.39, 0.29) is 23.8 Å². The molecule has 2 rings (SSSR count). The Bertz CT molecular complexity index is 255. The van der Waals surface area contributed by atoms with Crippen molar-refractivity contribution in [3.63, 3.8) is 0 Å². The number of carbonyl (C=O) groups excluding carboxylic acids is 1. The number of hydrogen-bond donors (Lipinski definition) is 1. The van der Waals surface area contributed by atoms with Crippen molar-refractivity contribution in [2.24, 2.45) is 11.1 Å². The van der Waals surface area contributed by atoms with Gasteiger partial charge in [0, 0.05) is 7.11 Å². The Morgan fingerprint density at radius 1 is 1.33 bits per heavy atom. The Kier molecular flexibility index (Phi) is 3.33. The van der Waals surface area contributed by atoms with Crippen LogP contribution in [0.5, 0.6) is 0 Å². The van der Waals surface area contributed by atoms with Gasteiger partial charge in [0.2, 0.25) is 0 Å². The van der Waals surface area contributed by atoms with E-state index in [0.717, 1.165) is 25.7 Å². The van der Waals surface area contributed by atoms with Gasteiger partial charge >= 0.3 is 5.97 Å². The third-order valence-corrected chi connectivity index (χ3v) is 3.63. The van der Waals surface area contributed by atoms with Crippen LogP contribution in [0.4, 0.5) is 0 Å². The van der Waals surface area contributed by atoms with E-state index in [1.54, 1.807) is 7.11 Å². The zero-order valence-corrected chi connectivity index (χ0v) is 9.93. The van der Waals surface area contributed by atoms with Crippen molar-refractivity contribution in [1.82, 2.24) is 0 Å². The molecule has 0 atom stereocenters. The minimum Gasteiger partial charge on any atom is -0.468 e. The largest absolute Gasteiger partial charge is 0.468 e. The van der Waals surface area contributed by atoms with Gasteiger partial charge in [0.15, 0.2) is 0 Å². The van der Waals surface area contributed by atoms with Crippen LogP contribution in [0.25, 0.3) is 0 Å². The summed E-state index contributed by atoms with van der Waals surface area (Å²) in [6, 6.07) is 0. The maximum Gasteiger partial charge on any atom is 0.325 e. The summed E-state index contributed by atoms with van der Waals surface area (Å²) in [5, 5.41) is 0. The quantitative estimate of drug-likeness (QED) is 0.722. The molecule has 2 aliphatic rings. The lowest BCUT2D eigenvalue weighted by Crippen LogP contribution is -2.67. The molecular formula is C10H18ClNO3. The van der Waals surface area contributed by atoms with Gasteiger partial charge in [0.05, 0.1) is 13.2 Å². The van der Waals surface area contributed by atoms with Gasteiger partial charge in [0.25, 0.3) is 0 Å². The predicted molar refractivity (Wildman–Crippen MR) is 57.9 cm³/mol. The van der Waals surface area contributed by atoms with Crippen LogP contribution >= 0.6 is 12.4 Å². The molecule has 1 spiro atoms. The third kappa shape index (κ3) is 1.86. The maximum absolute atomic E-state index is 11.3. The third-order valence-electron chi connectivity index (χ3n) is 3.63. The van der Waals surface area contributed by atoms with E-state index < -0.39 is 5.54 Å². The van der Waals surface area contributed by atoms with Crippen LogP contribution in [0.3, 0.4) is 0 Å². The lowest BCUT2D eigenvalue weighted by Gasteiger charge is -2.60. The number of esters is 1. The van der Waals surface area contributed by atoms with Gasteiger partial charge in [-0.1, -0.05) is 0 Å². The zero-order valence-electron chi connectivity index (χ0n) is 9.12. The normalized spacial score (nSPS) is 42.5. The van der Waals surface area contributed by atoms with Crippen LogP contribution in [0.1, 0.15) is 25.7 Å². The van der Waals surface area contributed by atoms with Gasteiger partial charge in [-0.3, -0.25) is 4.79 Å². The summed E-state index contributed by atoms with van der Waals surface area (Å²) in [5.74, 6) is -0.274. The molecule has 0 aromatic rings. The van der Waals surface area contributed by atoms with E-state index in [4.69, 9.17) is 10.5 Å². The predicted octanol–water partition coefficient (Wildman–Crippen LogP) is 0.868. The topological polar surface area (TPSA) is 61.5 Å². The molecule has 0 unspecified atom stereocenters. The molecule has 2 N–H and O–H groups in total. The summed E-state index contributed by atoms with van der Waals surface area (Å²) in [4.78, 5) is 11.3. The molecular weight excluding hydrogens is 218 g/mol. The van der Waals surface area contributed by atoms with Gasteiger partial charge in [-0.05, 0) is 31.1 Å². The summed E-state index contributed by atoms with van der Waals surface area (Å²) in [6.07, 6.45) is 3.97. The fourth-order valence-corrected chi connectivity index (χ4v) is 3.00. The highest BCUT2D eigenvalue weighted by atomic mass is 35.5. The SMILES string of the molecule is COC(=O)C1(N)CC2(CC(OC)C2)C1.Cl. The van der Waals surface area contributed by atoms with Crippen LogP contribution in [0.2, 0.25) is 0 Å². The van der Waals surface area contributed by atoms with E-state index in [0.29, 0.717) is 6.10 Å². The Labute approximate surface area is 95.9 Å². The Morgan fingerprint density at radius 3 is 2.27 bits per heavy atom. The standard InChI is InChI=1S/C10H17NO3.ClH/c1-13-7-3-9(4-7)5-10(11,6-9)8(12)14-2;/h7H,3-6,11H2,1-2H3;1H. The van der Waals surface area contributed by atoms with Crippen LogP contribution < -0.4 is 5.73 Å². The molecule has 5 heteroatoms. The van der Waals surface area contributed by atoms with Gasteiger partial charge in [-0.2, -0.15) is 0 Å². The van der Waals surface area contributed by atoms with Crippen molar-refractivity contribution in [2.75, 3.05) is 14.2 Å². The van der Waals surface area contributed by atoms with Crippen LogP contribution in [-0.2, 0) is 14.3 Å². The molecule has 15 heavy (non-hydrogen) atoms. The van der Waals surface area contributed by atoms with Crippen LogP contribution in [-0.4, -0.2) is 31.8 Å². The smallest absolute Gasteiger partial charge is 0.325 e. The van der Waals surface area contributed by atoms with Crippen molar-refractivity contribution in [2.45, 2.75) is 37.3 Å². The second-order valence-corrected chi connectivity index (χ2v) is 4.77. The fraction of sp³-hybridized carbons (Fsp3) is 0.900. The van der Waals surface area contributed by atoms with E-state index in [2.05, 4.69) is 4.74 Å². The lowest BCUT2D eigenvalue weighted by atomic mass is 9.48. The summed E-state index contributed by atoms with van der Waals surface area (Å²) < 4.78 is 9.89. The number of hydrogen-bond acceptors (Lipinski definition) is 4. The summed E-state index contributed by atoms with van der Waals surface area (Å²) in [5.41, 5.74) is 5.48. The molecule has 0 saturated heterocycles. The molecule has 0 aliphatic heterocycles. The molecule has 2 fully saturated rings. The van der Waals surface area contributed by atoms with Crippen molar-refractivity contribution >= 4 is 18.4 Å².